The largest absolute Gasteiger partial charge is 0.466 e. The molecule has 4 heteroatoms. The molecule has 0 aromatic rings. The Labute approximate surface area is 114 Å². The lowest BCUT2D eigenvalue weighted by Crippen LogP contribution is -2.58. The number of Topliss-reactive ketones (excluding diaryl/α,β-unsaturated/α-hetero) is 1. The van der Waals surface area contributed by atoms with Gasteiger partial charge in [-0.25, -0.2) is 0 Å². The van der Waals surface area contributed by atoms with Crippen LogP contribution in [0.3, 0.4) is 0 Å². The molecule has 3 rings (SSSR count). The van der Waals surface area contributed by atoms with E-state index >= 15 is 0 Å². The van der Waals surface area contributed by atoms with Crippen LogP contribution in [0.4, 0.5) is 0 Å². The van der Waals surface area contributed by atoms with Crippen LogP contribution in [0.1, 0.15) is 45.4 Å². The van der Waals surface area contributed by atoms with E-state index in [-0.39, 0.29) is 17.8 Å². The molecule has 1 spiro atoms. The molecule has 0 aromatic heterocycles. The fraction of sp³-hybridized carbons (Fsp3) is 0.867. The highest BCUT2D eigenvalue weighted by molar-refractivity contribution is 5.83. The van der Waals surface area contributed by atoms with Gasteiger partial charge in [0, 0.05) is 24.4 Å². The van der Waals surface area contributed by atoms with Crippen molar-refractivity contribution in [2.45, 2.75) is 51.0 Å². The summed E-state index contributed by atoms with van der Waals surface area (Å²) < 4.78 is 5.06. The molecular formula is C15H23NO3. The molecule has 3 aliphatic rings. The third-order valence-electron chi connectivity index (χ3n) is 5.35. The summed E-state index contributed by atoms with van der Waals surface area (Å²) in [4.78, 5) is 26.4. The minimum Gasteiger partial charge on any atom is -0.466 e. The molecule has 1 aliphatic carbocycles. The van der Waals surface area contributed by atoms with Gasteiger partial charge in [0.15, 0.2) is 0 Å². The van der Waals surface area contributed by atoms with Gasteiger partial charge in [0.1, 0.15) is 5.78 Å². The van der Waals surface area contributed by atoms with Gasteiger partial charge in [-0.15, -0.1) is 0 Å². The molecule has 2 bridgehead atoms. The van der Waals surface area contributed by atoms with E-state index in [9.17, 15) is 9.59 Å². The zero-order valence-corrected chi connectivity index (χ0v) is 11.7. The highest BCUT2D eigenvalue weighted by atomic mass is 16.5. The number of carbonyl (C=O) groups is 2. The number of hydrogen-bond acceptors (Lipinski definition) is 4. The third kappa shape index (κ3) is 2.20. The molecule has 3 fully saturated rings. The van der Waals surface area contributed by atoms with Crippen molar-refractivity contribution in [3.63, 3.8) is 0 Å². The first-order valence-electron chi connectivity index (χ1n) is 7.58. The van der Waals surface area contributed by atoms with Crippen LogP contribution in [0, 0.1) is 11.8 Å². The topological polar surface area (TPSA) is 46.6 Å². The predicted octanol–water partition coefficient (Wildman–Crippen LogP) is 1.77. The molecule has 2 aliphatic heterocycles. The van der Waals surface area contributed by atoms with Crippen LogP contribution in [0.5, 0.6) is 0 Å². The van der Waals surface area contributed by atoms with E-state index in [1.165, 1.54) is 12.8 Å². The maximum absolute atomic E-state index is 12.2. The zero-order chi connectivity index (χ0) is 13.5. The molecular weight excluding hydrogens is 242 g/mol. The summed E-state index contributed by atoms with van der Waals surface area (Å²) in [6, 6.07) is 0. The average molecular weight is 265 g/mol. The number of ether oxygens (including phenoxy) is 1. The Kier molecular flexibility index (Phi) is 3.37. The molecule has 2 unspecified atom stereocenters. The normalized spacial score (nSPS) is 38.1. The SMILES string of the molecule is CCOC(=O)C[C@@H]1CN2CCCC23CCC(=O)C1C3. The van der Waals surface area contributed by atoms with Gasteiger partial charge in [0.2, 0.25) is 0 Å². The first-order valence-corrected chi connectivity index (χ1v) is 7.58. The zero-order valence-electron chi connectivity index (χ0n) is 11.7. The summed E-state index contributed by atoms with van der Waals surface area (Å²) in [5, 5.41) is 0. The third-order valence-corrected chi connectivity index (χ3v) is 5.35. The Morgan fingerprint density at radius 2 is 2.32 bits per heavy atom. The van der Waals surface area contributed by atoms with Gasteiger partial charge in [0.05, 0.1) is 13.0 Å². The lowest BCUT2D eigenvalue weighted by atomic mass is 9.65. The van der Waals surface area contributed by atoms with Crippen molar-refractivity contribution in [2.24, 2.45) is 11.8 Å². The van der Waals surface area contributed by atoms with Crippen LogP contribution in [-0.4, -0.2) is 41.9 Å². The Hall–Kier alpha value is -0.900. The number of carbonyl (C=O) groups excluding carboxylic acids is 2. The second-order valence-corrected chi connectivity index (χ2v) is 6.32. The Morgan fingerprint density at radius 1 is 1.47 bits per heavy atom. The molecule has 4 nitrogen and oxygen atoms in total. The molecule has 0 N–H and O–H groups in total. The van der Waals surface area contributed by atoms with Crippen molar-refractivity contribution in [3.05, 3.63) is 0 Å². The van der Waals surface area contributed by atoms with Crippen molar-refractivity contribution in [2.75, 3.05) is 19.7 Å². The number of fused-ring (bicyclic) bond motifs is 1. The van der Waals surface area contributed by atoms with Gasteiger partial charge in [-0.1, -0.05) is 0 Å². The molecule has 1 saturated carbocycles. The second-order valence-electron chi connectivity index (χ2n) is 6.32. The van der Waals surface area contributed by atoms with Crippen molar-refractivity contribution in [1.82, 2.24) is 4.90 Å². The van der Waals surface area contributed by atoms with Crippen LogP contribution >= 0.6 is 0 Å². The minimum absolute atomic E-state index is 0.104. The van der Waals surface area contributed by atoms with E-state index < -0.39 is 0 Å². The second kappa shape index (κ2) is 4.89. The van der Waals surface area contributed by atoms with E-state index in [1.807, 2.05) is 6.92 Å². The summed E-state index contributed by atoms with van der Waals surface area (Å²) in [5.41, 5.74) is 0.295. The van der Waals surface area contributed by atoms with Crippen molar-refractivity contribution < 1.29 is 14.3 Å². The van der Waals surface area contributed by atoms with E-state index in [0.717, 1.165) is 25.9 Å². The molecule has 2 saturated heterocycles. The van der Waals surface area contributed by atoms with E-state index in [0.29, 0.717) is 30.8 Å². The number of ketones is 1. The maximum Gasteiger partial charge on any atom is 0.306 e. The Bertz CT molecular complexity index is 395. The summed E-state index contributed by atoms with van der Waals surface area (Å²) in [5.74, 6) is 0.523. The van der Waals surface area contributed by atoms with E-state index in [4.69, 9.17) is 4.74 Å². The van der Waals surface area contributed by atoms with Crippen molar-refractivity contribution in [3.8, 4) is 0 Å². The van der Waals surface area contributed by atoms with Gasteiger partial charge >= 0.3 is 5.97 Å². The van der Waals surface area contributed by atoms with Gasteiger partial charge in [-0.05, 0) is 45.1 Å². The van der Waals surface area contributed by atoms with Crippen molar-refractivity contribution >= 4 is 11.8 Å². The number of nitrogens with zero attached hydrogens (tertiary/aromatic N) is 1. The van der Waals surface area contributed by atoms with Gasteiger partial charge < -0.3 is 4.74 Å². The monoisotopic (exact) mass is 265 g/mol. The van der Waals surface area contributed by atoms with Gasteiger partial charge in [-0.3, -0.25) is 14.5 Å². The van der Waals surface area contributed by atoms with Gasteiger partial charge in [0.25, 0.3) is 0 Å². The van der Waals surface area contributed by atoms with Crippen LogP contribution in [-0.2, 0) is 14.3 Å². The summed E-state index contributed by atoms with van der Waals surface area (Å²) >= 11 is 0. The Morgan fingerprint density at radius 3 is 3.11 bits per heavy atom. The molecule has 2 heterocycles. The molecule has 0 radical (unpaired) electrons. The summed E-state index contributed by atoms with van der Waals surface area (Å²) in [6.45, 7) is 4.31. The molecule has 106 valence electrons. The summed E-state index contributed by atoms with van der Waals surface area (Å²) in [7, 11) is 0. The van der Waals surface area contributed by atoms with E-state index in [2.05, 4.69) is 4.90 Å². The van der Waals surface area contributed by atoms with Crippen LogP contribution < -0.4 is 0 Å². The van der Waals surface area contributed by atoms with Gasteiger partial charge in [-0.2, -0.15) is 0 Å². The van der Waals surface area contributed by atoms with Crippen LogP contribution in [0.15, 0.2) is 0 Å². The number of rotatable bonds is 3. The maximum atomic E-state index is 12.2. The van der Waals surface area contributed by atoms with E-state index in [1.54, 1.807) is 0 Å². The quantitative estimate of drug-likeness (QED) is 0.730. The number of piperidine rings is 1. The standard InChI is InChI=1S/C15H23NO3/c1-2-19-14(18)8-11-10-16-7-3-5-15(16)6-4-13(17)12(11)9-15/h11-12H,2-10H2,1H3/t11-,12?,15?/m1/s1. The Balaban J connectivity index is 1.75. The summed E-state index contributed by atoms with van der Waals surface area (Å²) in [6.07, 6.45) is 5.62. The highest BCUT2D eigenvalue weighted by Crippen LogP contribution is 2.49. The minimum atomic E-state index is -0.141. The predicted molar refractivity (Wildman–Crippen MR) is 70.6 cm³/mol. The highest BCUT2D eigenvalue weighted by Gasteiger charge is 2.53. The number of esters is 1. The molecule has 0 aromatic carbocycles. The molecule has 3 atom stereocenters. The van der Waals surface area contributed by atoms with Crippen molar-refractivity contribution in [1.29, 1.82) is 0 Å². The molecule has 0 amide bonds. The lowest BCUT2D eigenvalue weighted by molar-refractivity contribution is -0.148. The fourth-order valence-corrected chi connectivity index (χ4v) is 4.44. The number of hydrogen-bond donors (Lipinski definition) is 0. The molecule has 19 heavy (non-hydrogen) atoms. The van der Waals surface area contributed by atoms with Crippen LogP contribution in [0.2, 0.25) is 0 Å². The smallest absolute Gasteiger partial charge is 0.306 e. The lowest BCUT2D eigenvalue weighted by Gasteiger charge is -2.51. The first-order chi connectivity index (χ1) is 9.14. The first kappa shape index (κ1) is 13.1. The van der Waals surface area contributed by atoms with Crippen LogP contribution in [0.25, 0.3) is 0 Å². The fourth-order valence-electron chi connectivity index (χ4n) is 4.44. The average Bonchev–Trinajstić information content (AvgIpc) is 2.77.